The molecule has 0 bridgehead atoms. The number of nitrogens with zero attached hydrogens (tertiary/aromatic N) is 1. The van der Waals surface area contributed by atoms with E-state index in [2.05, 4.69) is 15.9 Å². The van der Waals surface area contributed by atoms with Gasteiger partial charge in [0.2, 0.25) is 5.91 Å². The van der Waals surface area contributed by atoms with Crippen molar-refractivity contribution in [3.05, 3.63) is 22.2 Å². The van der Waals surface area contributed by atoms with Gasteiger partial charge in [0.25, 0.3) is 0 Å². The average molecular weight is 339 g/mol. The molecule has 1 aromatic rings. The molecule has 2 rings (SSSR count). The lowest BCUT2D eigenvalue weighted by molar-refractivity contribution is -0.117. The molecule has 3 nitrogen and oxygen atoms in total. The molecular formula is C11H10BrCl2NO2. The monoisotopic (exact) mass is 337 g/mol. The Labute approximate surface area is 117 Å². The summed E-state index contributed by atoms with van der Waals surface area (Å²) < 4.78 is 0. The van der Waals surface area contributed by atoms with Crippen molar-refractivity contribution in [3.8, 4) is 5.75 Å². The molecule has 0 saturated carbocycles. The van der Waals surface area contributed by atoms with Gasteiger partial charge in [-0.3, -0.25) is 4.79 Å². The Kier molecular flexibility index (Phi) is 3.85. The second-order valence-corrected chi connectivity index (χ2v) is 5.45. The second kappa shape index (κ2) is 5.04. The summed E-state index contributed by atoms with van der Waals surface area (Å²) in [6.07, 6.45) is 0.515. The smallest absolute Gasteiger partial charge is 0.227 e. The van der Waals surface area contributed by atoms with Gasteiger partial charge in [0.05, 0.1) is 10.0 Å². The minimum absolute atomic E-state index is 0.0484. The molecule has 0 aromatic heterocycles. The molecule has 1 atom stereocenters. The Hall–Kier alpha value is -0.450. The van der Waals surface area contributed by atoms with E-state index in [1.54, 1.807) is 17.0 Å². The topological polar surface area (TPSA) is 40.5 Å². The number of phenolic OH excluding ortho intramolecular Hbond substituents is 1. The van der Waals surface area contributed by atoms with E-state index in [1.165, 1.54) is 0 Å². The number of hydrogen-bond donors (Lipinski definition) is 1. The highest BCUT2D eigenvalue weighted by Gasteiger charge is 2.30. The average Bonchev–Trinajstić information content (AvgIpc) is 2.67. The number of alkyl halides is 1. The summed E-state index contributed by atoms with van der Waals surface area (Å²) in [5.74, 6) is 0.196. The van der Waals surface area contributed by atoms with Crippen LogP contribution in [0.2, 0.25) is 10.0 Å². The number of aromatic hydroxyl groups is 1. The number of hydrogen-bond acceptors (Lipinski definition) is 2. The van der Waals surface area contributed by atoms with E-state index in [0.29, 0.717) is 24.6 Å². The maximum Gasteiger partial charge on any atom is 0.227 e. The number of carbonyl (C=O) groups excluding carboxylic acids is 1. The molecule has 1 amide bonds. The van der Waals surface area contributed by atoms with Crippen LogP contribution in [0, 0.1) is 5.92 Å². The van der Waals surface area contributed by atoms with Crippen molar-refractivity contribution in [2.24, 2.45) is 5.92 Å². The van der Waals surface area contributed by atoms with Crippen LogP contribution in [0.4, 0.5) is 5.69 Å². The Morgan fingerprint density at radius 3 is 2.47 bits per heavy atom. The van der Waals surface area contributed by atoms with Crippen molar-refractivity contribution in [3.63, 3.8) is 0 Å². The van der Waals surface area contributed by atoms with Gasteiger partial charge < -0.3 is 10.0 Å². The normalized spacial score (nSPS) is 20.1. The maximum absolute atomic E-state index is 11.8. The van der Waals surface area contributed by atoms with Gasteiger partial charge in [-0.25, -0.2) is 0 Å². The summed E-state index contributed by atoms with van der Waals surface area (Å²) in [4.78, 5) is 13.4. The predicted octanol–water partition coefficient (Wildman–Crippen LogP) is 3.45. The van der Waals surface area contributed by atoms with Crippen LogP contribution in [0.3, 0.4) is 0 Å². The first-order valence-corrected chi connectivity index (χ1v) is 6.95. The van der Waals surface area contributed by atoms with Crippen LogP contribution in [0.25, 0.3) is 0 Å². The van der Waals surface area contributed by atoms with Crippen LogP contribution in [0.1, 0.15) is 6.42 Å². The van der Waals surface area contributed by atoms with Crippen LogP contribution < -0.4 is 4.90 Å². The van der Waals surface area contributed by atoms with E-state index in [0.717, 1.165) is 5.33 Å². The Morgan fingerprint density at radius 2 is 2.00 bits per heavy atom. The van der Waals surface area contributed by atoms with E-state index in [-0.39, 0.29) is 21.7 Å². The zero-order chi connectivity index (χ0) is 12.6. The summed E-state index contributed by atoms with van der Waals surface area (Å²) in [7, 11) is 0. The number of rotatable bonds is 2. The summed E-state index contributed by atoms with van der Waals surface area (Å²) in [6, 6.07) is 3.11. The van der Waals surface area contributed by atoms with Crippen molar-refractivity contribution in [1.29, 1.82) is 0 Å². The first-order valence-electron chi connectivity index (χ1n) is 5.07. The lowest BCUT2D eigenvalue weighted by Gasteiger charge is -2.17. The standard InChI is InChI=1S/C11H10BrCl2NO2/c12-4-6-1-10(16)15(5-6)7-2-8(13)11(17)9(14)3-7/h2-3,6,17H,1,4-5H2. The van der Waals surface area contributed by atoms with Crippen molar-refractivity contribution in [1.82, 2.24) is 0 Å². The van der Waals surface area contributed by atoms with E-state index in [1.807, 2.05) is 0 Å². The van der Waals surface area contributed by atoms with Gasteiger partial charge in [-0.1, -0.05) is 39.1 Å². The van der Waals surface area contributed by atoms with E-state index in [4.69, 9.17) is 23.2 Å². The largest absolute Gasteiger partial charge is 0.505 e. The highest BCUT2D eigenvalue weighted by molar-refractivity contribution is 9.09. The molecular weight excluding hydrogens is 329 g/mol. The molecule has 6 heteroatoms. The zero-order valence-electron chi connectivity index (χ0n) is 8.79. The lowest BCUT2D eigenvalue weighted by Crippen LogP contribution is -2.24. The summed E-state index contributed by atoms with van der Waals surface area (Å²) in [5.41, 5.74) is 0.631. The lowest BCUT2D eigenvalue weighted by atomic mass is 10.2. The van der Waals surface area contributed by atoms with Gasteiger partial charge in [-0.15, -0.1) is 0 Å². The Morgan fingerprint density at radius 1 is 1.41 bits per heavy atom. The summed E-state index contributed by atoms with van der Waals surface area (Å²) >= 11 is 15.0. The van der Waals surface area contributed by atoms with Gasteiger partial charge in [-0.05, 0) is 18.1 Å². The molecule has 1 saturated heterocycles. The van der Waals surface area contributed by atoms with Crippen molar-refractivity contribution < 1.29 is 9.90 Å². The second-order valence-electron chi connectivity index (χ2n) is 3.99. The number of anilines is 1. The molecule has 17 heavy (non-hydrogen) atoms. The molecule has 0 spiro atoms. The highest BCUT2D eigenvalue weighted by Crippen LogP contribution is 2.37. The van der Waals surface area contributed by atoms with Crippen LogP contribution in [-0.2, 0) is 4.79 Å². The molecule has 1 aromatic carbocycles. The molecule has 92 valence electrons. The Bertz CT molecular complexity index is 444. The van der Waals surface area contributed by atoms with Crippen molar-refractivity contribution in [2.45, 2.75) is 6.42 Å². The van der Waals surface area contributed by atoms with Gasteiger partial charge >= 0.3 is 0 Å². The number of carbonyl (C=O) groups is 1. The molecule has 1 N–H and O–H groups in total. The maximum atomic E-state index is 11.8. The van der Waals surface area contributed by atoms with Gasteiger partial charge in [-0.2, -0.15) is 0 Å². The van der Waals surface area contributed by atoms with Gasteiger partial charge in [0.1, 0.15) is 0 Å². The third kappa shape index (κ3) is 2.54. The van der Waals surface area contributed by atoms with Gasteiger partial charge in [0, 0.05) is 24.0 Å². The molecule has 0 aliphatic carbocycles. The van der Waals surface area contributed by atoms with Crippen LogP contribution in [-0.4, -0.2) is 22.9 Å². The van der Waals surface area contributed by atoms with E-state index >= 15 is 0 Å². The fourth-order valence-electron chi connectivity index (χ4n) is 1.84. The zero-order valence-corrected chi connectivity index (χ0v) is 11.9. The summed E-state index contributed by atoms with van der Waals surface area (Å²) in [6.45, 7) is 0.640. The fraction of sp³-hybridized carbons (Fsp3) is 0.364. The van der Waals surface area contributed by atoms with E-state index in [9.17, 15) is 9.90 Å². The van der Waals surface area contributed by atoms with Crippen LogP contribution in [0.5, 0.6) is 5.75 Å². The summed E-state index contributed by atoms with van der Waals surface area (Å²) in [5, 5.41) is 10.6. The van der Waals surface area contributed by atoms with Crippen LogP contribution in [0.15, 0.2) is 12.1 Å². The third-order valence-electron chi connectivity index (χ3n) is 2.74. The first-order chi connectivity index (χ1) is 8.02. The molecule has 1 fully saturated rings. The number of amides is 1. The quantitative estimate of drug-likeness (QED) is 0.839. The molecule has 0 radical (unpaired) electrons. The Balaban J connectivity index is 2.32. The molecule has 1 aliphatic rings. The SMILES string of the molecule is O=C1CC(CBr)CN1c1cc(Cl)c(O)c(Cl)c1. The highest BCUT2D eigenvalue weighted by atomic mass is 79.9. The third-order valence-corrected chi connectivity index (χ3v) is 4.23. The number of halogens is 3. The van der Waals surface area contributed by atoms with Crippen molar-refractivity contribution >= 4 is 50.7 Å². The van der Waals surface area contributed by atoms with E-state index < -0.39 is 0 Å². The van der Waals surface area contributed by atoms with Gasteiger partial charge in [0.15, 0.2) is 5.75 Å². The predicted molar refractivity (Wildman–Crippen MR) is 72.4 cm³/mol. The number of benzene rings is 1. The molecule has 1 unspecified atom stereocenters. The minimum atomic E-state index is -0.152. The van der Waals surface area contributed by atoms with Crippen LogP contribution >= 0.6 is 39.1 Å². The number of phenols is 1. The van der Waals surface area contributed by atoms with Crippen molar-refractivity contribution in [2.75, 3.05) is 16.8 Å². The minimum Gasteiger partial charge on any atom is -0.505 e. The molecule has 1 aliphatic heterocycles. The molecule has 1 heterocycles. The fourth-order valence-corrected chi connectivity index (χ4v) is 2.75. The first kappa shape index (κ1) is 13.0.